The molecule has 0 saturated carbocycles. The number of pyridine rings is 1. The smallest absolute Gasteiger partial charge is 0.198 e. The summed E-state index contributed by atoms with van der Waals surface area (Å²) in [7, 11) is 3.43. The molecule has 0 bridgehead atoms. The molecule has 0 aliphatic carbocycles. The number of fused-ring (bicyclic) bond motifs is 1. The number of benzene rings is 2. The molecule has 1 aromatic heterocycles. The van der Waals surface area contributed by atoms with E-state index in [0.29, 0.717) is 34.7 Å². The van der Waals surface area contributed by atoms with Gasteiger partial charge in [0.2, 0.25) is 0 Å². The molecule has 0 atom stereocenters. The highest BCUT2D eigenvalue weighted by Crippen LogP contribution is 2.34. The Morgan fingerprint density at radius 3 is 2.50 bits per heavy atom. The van der Waals surface area contributed by atoms with Crippen LogP contribution in [0.3, 0.4) is 0 Å². The number of anilines is 1. The molecule has 0 unspecified atom stereocenters. The van der Waals surface area contributed by atoms with Gasteiger partial charge in [0.1, 0.15) is 18.1 Å². The zero-order valence-electron chi connectivity index (χ0n) is 14.5. The second-order valence-electron chi connectivity index (χ2n) is 5.56. The van der Waals surface area contributed by atoms with Crippen molar-refractivity contribution < 1.29 is 18.3 Å². The molecule has 2 aromatic carbocycles. The third kappa shape index (κ3) is 3.83. The minimum absolute atomic E-state index is 0.312. The second-order valence-corrected chi connectivity index (χ2v) is 5.56. The lowest BCUT2D eigenvalue weighted by molar-refractivity contribution is 0.319. The number of halogens is 2. The van der Waals surface area contributed by atoms with Gasteiger partial charge in [-0.05, 0) is 25.2 Å². The molecule has 0 fully saturated rings. The van der Waals surface area contributed by atoms with Crippen LogP contribution in [0.15, 0.2) is 42.6 Å². The SMILES string of the molecule is CNCCOc1ccc2c(Oc3c(F)cc(NC)cc3F)ccnc2c1. The van der Waals surface area contributed by atoms with Crippen LogP contribution in [0.1, 0.15) is 0 Å². The molecule has 3 rings (SSSR count). The molecule has 1 heterocycles. The minimum Gasteiger partial charge on any atom is -0.492 e. The Hall–Kier alpha value is -2.93. The Balaban J connectivity index is 1.91. The fourth-order valence-corrected chi connectivity index (χ4v) is 2.46. The first-order valence-electron chi connectivity index (χ1n) is 8.13. The van der Waals surface area contributed by atoms with Crippen LogP contribution >= 0.6 is 0 Å². The van der Waals surface area contributed by atoms with E-state index < -0.39 is 17.4 Å². The van der Waals surface area contributed by atoms with Crippen LogP contribution < -0.4 is 20.1 Å². The van der Waals surface area contributed by atoms with Gasteiger partial charge in [-0.15, -0.1) is 0 Å². The molecule has 0 aliphatic rings. The van der Waals surface area contributed by atoms with E-state index >= 15 is 0 Å². The average molecular weight is 359 g/mol. The standard InChI is InChI=1S/C19H19F2N3O2/c1-22-7-8-25-13-3-4-14-17(11-13)24-6-5-18(14)26-19-15(20)9-12(23-2)10-16(19)21/h3-6,9-11,22-23H,7-8H2,1-2H3. The van der Waals surface area contributed by atoms with Crippen LogP contribution in [-0.2, 0) is 0 Å². The maximum absolute atomic E-state index is 14.2. The molecule has 3 aromatic rings. The number of hydrogen-bond acceptors (Lipinski definition) is 5. The van der Waals surface area contributed by atoms with Crippen LogP contribution in [0.5, 0.6) is 17.2 Å². The van der Waals surface area contributed by atoms with Gasteiger partial charge in [0, 0.05) is 49.1 Å². The van der Waals surface area contributed by atoms with Gasteiger partial charge in [-0.1, -0.05) is 0 Å². The van der Waals surface area contributed by atoms with Crippen LogP contribution in [0.2, 0.25) is 0 Å². The Morgan fingerprint density at radius 2 is 1.81 bits per heavy atom. The summed E-state index contributed by atoms with van der Waals surface area (Å²) in [5.41, 5.74) is 0.937. The van der Waals surface area contributed by atoms with E-state index in [1.165, 1.54) is 18.3 Å². The lowest BCUT2D eigenvalue weighted by Gasteiger charge is -2.12. The number of nitrogens with one attached hydrogen (secondary N) is 2. The monoisotopic (exact) mass is 359 g/mol. The molecular formula is C19H19F2N3O2. The summed E-state index contributed by atoms with van der Waals surface area (Å²) < 4.78 is 39.5. The van der Waals surface area contributed by atoms with Gasteiger partial charge in [-0.3, -0.25) is 4.98 Å². The predicted molar refractivity (Wildman–Crippen MR) is 97.1 cm³/mol. The number of hydrogen-bond donors (Lipinski definition) is 2. The molecule has 0 radical (unpaired) electrons. The maximum atomic E-state index is 14.2. The van der Waals surface area contributed by atoms with Crippen molar-refractivity contribution in [3.8, 4) is 17.2 Å². The summed E-state index contributed by atoms with van der Waals surface area (Å²) >= 11 is 0. The number of likely N-dealkylation sites (N-methyl/N-ethyl adjacent to an activating group) is 1. The van der Waals surface area contributed by atoms with Crippen LogP contribution in [0, 0.1) is 11.6 Å². The van der Waals surface area contributed by atoms with E-state index in [0.717, 1.165) is 6.54 Å². The molecule has 0 spiro atoms. The van der Waals surface area contributed by atoms with Crippen molar-refractivity contribution in [1.29, 1.82) is 0 Å². The van der Waals surface area contributed by atoms with Crippen molar-refractivity contribution >= 4 is 16.6 Å². The predicted octanol–water partition coefficient (Wildman–Crippen LogP) is 3.95. The summed E-state index contributed by atoms with van der Waals surface area (Å²) in [4.78, 5) is 4.27. The Labute approximate surface area is 150 Å². The van der Waals surface area contributed by atoms with Gasteiger partial charge < -0.3 is 20.1 Å². The van der Waals surface area contributed by atoms with Crippen molar-refractivity contribution in [2.75, 3.05) is 32.6 Å². The summed E-state index contributed by atoms with van der Waals surface area (Å²) in [5, 5.41) is 6.32. The van der Waals surface area contributed by atoms with Gasteiger partial charge in [-0.2, -0.15) is 0 Å². The van der Waals surface area contributed by atoms with Gasteiger partial charge in [0.05, 0.1) is 5.52 Å². The lowest BCUT2D eigenvalue weighted by atomic mass is 10.2. The largest absolute Gasteiger partial charge is 0.492 e. The fourth-order valence-electron chi connectivity index (χ4n) is 2.46. The van der Waals surface area contributed by atoms with Gasteiger partial charge in [-0.25, -0.2) is 8.78 Å². The molecule has 0 saturated heterocycles. The summed E-state index contributed by atoms with van der Waals surface area (Å²) in [6, 6.07) is 9.20. The molecule has 136 valence electrons. The van der Waals surface area contributed by atoms with Crippen LogP contribution in [-0.4, -0.2) is 32.2 Å². The zero-order chi connectivity index (χ0) is 18.5. The first kappa shape index (κ1) is 17.9. The average Bonchev–Trinajstić information content (AvgIpc) is 2.64. The molecule has 2 N–H and O–H groups in total. The quantitative estimate of drug-likeness (QED) is 0.626. The van der Waals surface area contributed by atoms with Gasteiger partial charge in [0.25, 0.3) is 0 Å². The normalized spacial score (nSPS) is 10.8. The second kappa shape index (κ2) is 7.97. The Morgan fingerprint density at radius 1 is 1.04 bits per heavy atom. The van der Waals surface area contributed by atoms with Crippen LogP contribution in [0.25, 0.3) is 10.9 Å². The van der Waals surface area contributed by atoms with Crippen molar-refractivity contribution in [2.45, 2.75) is 0 Å². The molecular weight excluding hydrogens is 340 g/mol. The highest BCUT2D eigenvalue weighted by Gasteiger charge is 2.15. The molecule has 5 nitrogen and oxygen atoms in total. The lowest BCUT2D eigenvalue weighted by Crippen LogP contribution is -2.15. The van der Waals surface area contributed by atoms with E-state index in [1.807, 2.05) is 7.05 Å². The number of nitrogens with zero attached hydrogens (tertiary/aromatic N) is 1. The van der Waals surface area contributed by atoms with Crippen LogP contribution in [0.4, 0.5) is 14.5 Å². The third-order valence-electron chi connectivity index (χ3n) is 3.79. The minimum atomic E-state index is -0.786. The first-order chi connectivity index (χ1) is 12.6. The number of ether oxygens (including phenoxy) is 2. The summed E-state index contributed by atoms with van der Waals surface area (Å²) in [6.45, 7) is 1.24. The van der Waals surface area contributed by atoms with E-state index in [9.17, 15) is 8.78 Å². The first-order valence-corrected chi connectivity index (χ1v) is 8.13. The van der Waals surface area contributed by atoms with Crippen molar-refractivity contribution in [3.05, 3.63) is 54.2 Å². The highest BCUT2D eigenvalue weighted by molar-refractivity contribution is 5.86. The van der Waals surface area contributed by atoms with E-state index in [4.69, 9.17) is 9.47 Å². The van der Waals surface area contributed by atoms with Gasteiger partial charge >= 0.3 is 0 Å². The number of rotatable bonds is 7. The van der Waals surface area contributed by atoms with E-state index in [-0.39, 0.29) is 0 Å². The molecule has 7 heteroatoms. The topological polar surface area (TPSA) is 55.4 Å². The maximum Gasteiger partial charge on any atom is 0.198 e. The van der Waals surface area contributed by atoms with Crippen molar-refractivity contribution in [2.24, 2.45) is 0 Å². The Kier molecular flexibility index (Phi) is 5.48. The summed E-state index contributed by atoms with van der Waals surface area (Å²) in [5.74, 6) is -1.05. The van der Waals surface area contributed by atoms with Gasteiger partial charge in [0.15, 0.2) is 17.4 Å². The fraction of sp³-hybridized carbons (Fsp3) is 0.211. The summed E-state index contributed by atoms with van der Waals surface area (Å²) in [6.07, 6.45) is 1.52. The van der Waals surface area contributed by atoms with Crippen molar-refractivity contribution in [3.63, 3.8) is 0 Å². The number of aromatic nitrogens is 1. The highest BCUT2D eigenvalue weighted by atomic mass is 19.1. The zero-order valence-corrected chi connectivity index (χ0v) is 14.5. The molecule has 0 amide bonds. The molecule has 26 heavy (non-hydrogen) atoms. The Bertz CT molecular complexity index is 895. The van der Waals surface area contributed by atoms with E-state index in [2.05, 4.69) is 15.6 Å². The molecule has 0 aliphatic heterocycles. The van der Waals surface area contributed by atoms with Crippen molar-refractivity contribution in [1.82, 2.24) is 10.3 Å². The van der Waals surface area contributed by atoms with E-state index in [1.54, 1.807) is 31.3 Å². The third-order valence-corrected chi connectivity index (χ3v) is 3.79.